The molecule has 2 aromatic carbocycles. The van der Waals surface area contributed by atoms with Gasteiger partial charge >= 0.3 is 5.97 Å². The summed E-state index contributed by atoms with van der Waals surface area (Å²) < 4.78 is 5.04. The third-order valence-electron chi connectivity index (χ3n) is 4.00. The average Bonchev–Trinajstić information content (AvgIpc) is 2.61. The largest absolute Gasteiger partial charge is 0.431 e. The van der Waals surface area contributed by atoms with Crippen molar-refractivity contribution in [2.45, 2.75) is 39.5 Å². The van der Waals surface area contributed by atoms with Gasteiger partial charge in [-0.25, -0.2) is 4.79 Å². The van der Waals surface area contributed by atoms with Crippen LogP contribution in [0.25, 0.3) is 0 Å². The molecular formula is C22H24O3. The highest BCUT2D eigenvalue weighted by Gasteiger charge is 2.11. The lowest BCUT2D eigenvalue weighted by atomic mass is 9.92. The van der Waals surface area contributed by atoms with Crippen LogP contribution in [0.3, 0.4) is 0 Å². The van der Waals surface area contributed by atoms with Crippen molar-refractivity contribution in [2.24, 2.45) is 0 Å². The second-order valence-electron chi connectivity index (χ2n) is 6.64. The van der Waals surface area contributed by atoms with E-state index in [1.807, 2.05) is 18.2 Å². The minimum atomic E-state index is -0.483. The first kappa shape index (κ1) is 18.7. The molecule has 130 valence electrons. The first-order valence-corrected chi connectivity index (χ1v) is 8.50. The summed E-state index contributed by atoms with van der Waals surface area (Å²) in [5.41, 5.74) is 3.32. The Kier molecular flexibility index (Phi) is 6.29. The van der Waals surface area contributed by atoms with E-state index in [1.54, 1.807) is 24.3 Å². The van der Waals surface area contributed by atoms with E-state index in [0.29, 0.717) is 23.0 Å². The van der Waals surface area contributed by atoms with Crippen LogP contribution in [0.15, 0.2) is 60.9 Å². The Morgan fingerprint density at radius 1 is 0.840 bits per heavy atom. The van der Waals surface area contributed by atoms with Crippen LogP contribution in [0.5, 0.6) is 0 Å². The summed E-state index contributed by atoms with van der Waals surface area (Å²) in [6, 6.07) is 14.6. The number of hydrogen-bond acceptors (Lipinski definition) is 3. The summed E-state index contributed by atoms with van der Waals surface area (Å²) in [5, 5.41) is 0. The lowest BCUT2D eigenvalue weighted by Gasteiger charge is -2.13. The molecule has 0 aliphatic rings. The predicted molar refractivity (Wildman–Crippen MR) is 99.9 cm³/mol. The standard InChI is InChI=1S/C22H24O3/c1-15(2)18-12-19(16(3)4)14-20(13-18)21(23)10-11-25-22(24)17-8-6-5-7-9-17/h5-16H,1-4H3. The number of carbonyl (C=O) groups is 2. The molecule has 0 unspecified atom stereocenters. The molecule has 0 spiro atoms. The van der Waals surface area contributed by atoms with Crippen molar-refractivity contribution in [3.63, 3.8) is 0 Å². The number of ether oxygens (including phenoxy) is 1. The monoisotopic (exact) mass is 336 g/mol. The molecular weight excluding hydrogens is 312 g/mol. The molecule has 0 aromatic heterocycles. The molecule has 0 aliphatic carbocycles. The maximum Gasteiger partial charge on any atom is 0.342 e. The lowest BCUT2D eigenvalue weighted by Crippen LogP contribution is -2.03. The molecule has 0 atom stereocenters. The van der Waals surface area contributed by atoms with E-state index in [1.165, 1.54) is 6.08 Å². The van der Waals surface area contributed by atoms with Crippen molar-refractivity contribution >= 4 is 11.8 Å². The SMILES string of the molecule is CC(C)c1cc(C(=O)C=COC(=O)c2ccccc2)cc(C(C)C)c1. The van der Waals surface area contributed by atoms with Gasteiger partial charge in [0.1, 0.15) is 0 Å². The van der Waals surface area contributed by atoms with Crippen molar-refractivity contribution < 1.29 is 14.3 Å². The van der Waals surface area contributed by atoms with Crippen LogP contribution in [0.2, 0.25) is 0 Å². The molecule has 0 radical (unpaired) electrons. The van der Waals surface area contributed by atoms with Gasteiger partial charge in [-0.15, -0.1) is 0 Å². The molecule has 25 heavy (non-hydrogen) atoms. The Balaban J connectivity index is 2.13. The number of rotatable bonds is 6. The predicted octanol–water partition coefficient (Wildman–Crippen LogP) is 5.49. The number of benzene rings is 2. The highest BCUT2D eigenvalue weighted by Crippen LogP contribution is 2.24. The minimum absolute atomic E-state index is 0.176. The maximum absolute atomic E-state index is 12.4. The van der Waals surface area contributed by atoms with E-state index in [4.69, 9.17) is 4.74 Å². The van der Waals surface area contributed by atoms with Gasteiger partial charge in [-0.3, -0.25) is 4.79 Å². The van der Waals surface area contributed by atoms with E-state index in [0.717, 1.165) is 17.4 Å². The second-order valence-corrected chi connectivity index (χ2v) is 6.64. The topological polar surface area (TPSA) is 43.4 Å². The summed E-state index contributed by atoms with van der Waals surface area (Å²) in [7, 11) is 0. The first-order chi connectivity index (χ1) is 11.9. The van der Waals surface area contributed by atoms with Gasteiger partial charge in [0.25, 0.3) is 0 Å². The molecule has 2 rings (SSSR count). The van der Waals surface area contributed by atoms with Gasteiger partial charge in [-0.05, 0) is 47.2 Å². The van der Waals surface area contributed by atoms with Crippen LogP contribution in [-0.2, 0) is 4.74 Å². The zero-order chi connectivity index (χ0) is 18.4. The smallest absolute Gasteiger partial charge is 0.342 e. The highest BCUT2D eigenvalue weighted by atomic mass is 16.5. The third kappa shape index (κ3) is 5.15. The summed E-state index contributed by atoms with van der Waals surface area (Å²) in [6.07, 6.45) is 2.46. The van der Waals surface area contributed by atoms with Gasteiger partial charge in [0.05, 0.1) is 11.8 Å². The van der Waals surface area contributed by atoms with Gasteiger partial charge in [0.15, 0.2) is 5.78 Å². The Labute approximate surface area is 149 Å². The fourth-order valence-electron chi connectivity index (χ4n) is 2.38. The van der Waals surface area contributed by atoms with Gasteiger partial charge in [0, 0.05) is 11.6 Å². The van der Waals surface area contributed by atoms with Crippen molar-refractivity contribution in [3.05, 3.63) is 83.1 Å². The van der Waals surface area contributed by atoms with Gasteiger partial charge < -0.3 is 4.74 Å². The molecule has 0 saturated heterocycles. The summed E-state index contributed by atoms with van der Waals surface area (Å²) >= 11 is 0. The molecule has 0 fully saturated rings. The number of allylic oxidation sites excluding steroid dienone is 1. The quantitative estimate of drug-likeness (QED) is 0.303. The minimum Gasteiger partial charge on any atom is -0.431 e. The van der Waals surface area contributed by atoms with Crippen LogP contribution in [0, 0.1) is 0 Å². The Morgan fingerprint density at radius 2 is 1.40 bits per heavy atom. The highest BCUT2D eigenvalue weighted by molar-refractivity contribution is 6.04. The molecule has 0 bridgehead atoms. The van der Waals surface area contributed by atoms with E-state index in [9.17, 15) is 9.59 Å². The fraction of sp³-hybridized carbons (Fsp3) is 0.273. The van der Waals surface area contributed by atoms with Crippen LogP contribution in [0.1, 0.15) is 71.4 Å². The average molecular weight is 336 g/mol. The lowest BCUT2D eigenvalue weighted by molar-refractivity contribution is 0.0662. The van der Waals surface area contributed by atoms with Gasteiger partial charge in [0.2, 0.25) is 0 Å². The van der Waals surface area contributed by atoms with Crippen LogP contribution in [0.4, 0.5) is 0 Å². The Hall–Kier alpha value is -2.68. The molecule has 2 aromatic rings. The van der Waals surface area contributed by atoms with E-state index < -0.39 is 5.97 Å². The Morgan fingerprint density at radius 3 is 1.92 bits per heavy atom. The number of ketones is 1. The van der Waals surface area contributed by atoms with Crippen molar-refractivity contribution in [1.29, 1.82) is 0 Å². The van der Waals surface area contributed by atoms with Gasteiger partial charge in [-0.1, -0.05) is 52.0 Å². The van der Waals surface area contributed by atoms with Crippen LogP contribution >= 0.6 is 0 Å². The van der Waals surface area contributed by atoms with Crippen LogP contribution < -0.4 is 0 Å². The summed E-state index contributed by atoms with van der Waals surface area (Å²) in [5.74, 6) is 0.0176. The summed E-state index contributed by atoms with van der Waals surface area (Å²) in [6.45, 7) is 8.41. The maximum atomic E-state index is 12.4. The summed E-state index contributed by atoms with van der Waals surface area (Å²) in [4.78, 5) is 24.3. The molecule has 3 heteroatoms. The van der Waals surface area contributed by atoms with Crippen molar-refractivity contribution in [2.75, 3.05) is 0 Å². The molecule has 0 amide bonds. The second kappa shape index (κ2) is 8.43. The molecule has 0 N–H and O–H groups in total. The molecule has 0 saturated carbocycles. The fourth-order valence-corrected chi connectivity index (χ4v) is 2.38. The first-order valence-electron chi connectivity index (χ1n) is 8.50. The Bertz CT molecular complexity index is 745. The van der Waals surface area contributed by atoms with E-state index >= 15 is 0 Å². The molecule has 0 aliphatic heterocycles. The van der Waals surface area contributed by atoms with Gasteiger partial charge in [-0.2, -0.15) is 0 Å². The van der Waals surface area contributed by atoms with Crippen molar-refractivity contribution in [1.82, 2.24) is 0 Å². The molecule has 3 nitrogen and oxygen atoms in total. The number of hydrogen-bond donors (Lipinski definition) is 0. The molecule has 0 heterocycles. The van der Waals surface area contributed by atoms with E-state index in [-0.39, 0.29) is 5.78 Å². The van der Waals surface area contributed by atoms with Crippen LogP contribution in [-0.4, -0.2) is 11.8 Å². The van der Waals surface area contributed by atoms with E-state index in [2.05, 4.69) is 33.8 Å². The zero-order valence-electron chi connectivity index (χ0n) is 15.2. The third-order valence-corrected chi connectivity index (χ3v) is 4.00. The normalized spacial score (nSPS) is 11.3. The number of esters is 1. The zero-order valence-corrected chi connectivity index (χ0v) is 15.2. The number of carbonyl (C=O) groups excluding carboxylic acids is 2. The van der Waals surface area contributed by atoms with Crippen molar-refractivity contribution in [3.8, 4) is 0 Å².